The van der Waals surface area contributed by atoms with Crippen molar-refractivity contribution >= 4 is 12.4 Å². The first-order valence-corrected chi connectivity index (χ1v) is 6.80. The van der Waals surface area contributed by atoms with Crippen LogP contribution >= 0.6 is 12.4 Å². The van der Waals surface area contributed by atoms with E-state index in [-0.39, 0.29) is 12.4 Å². The van der Waals surface area contributed by atoms with Gasteiger partial charge >= 0.3 is 0 Å². The van der Waals surface area contributed by atoms with Crippen molar-refractivity contribution in [2.24, 2.45) is 0 Å². The fraction of sp³-hybridized carbons (Fsp3) is 0.600. The third kappa shape index (κ3) is 5.39. The highest BCUT2D eigenvalue weighted by Crippen LogP contribution is 2.44. The largest absolute Gasteiger partial charge is 0.491 e. The molecule has 0 spiro atoms. The fourth-order valence-corrected chi connectivity index (χ4v) is 1.96. The highest BCUT2D eigenvalue weighted by molar-refractivity contribution is 5.85. The van der Waals surface area contributed by atoms with Gasteiger partial charge in [0.05, 0.1) is 0 Å². The maximum absolute atomic E-state index is 9.82. The Morgan fingerprint density at radius 2 is 2.00 bits per heavy atom. The van der Waals surface area contributed by atoms with Crippen LogP contribution in [0.4, 0.5) is 0 Å². The summed E-state index contributed by atoms with van der Waals surface area (Å²) in [6.07, 6.45) is 2.06. The van der Waals surface area contributed by atoms with Gasteiger partial charge < -0.3 is 15.2 Å². The molecule has 0 amide bonds. The number of benzene rings is 1. The zero-order valence-corrected chi connectivity index (χ0v) is 12.5. The molecule has 0 saturated heterocycles. The molecular formula is C15H24ClNO2. The predicted octanol–water partition coefficient (Wildman–Crippen LogP) is 2.72. The first-order valence-electron chi connectivity index (χ1n) is 6.80. The second-order valence-corrected chi connectivity index (χ2v) is 5.34. The summed E-state index contributed by atoms with van der Waals surface area (Å²) in [5.41, 5.74) is 1.29. The molecule has 0 bridgehead atoms. The molecule has 1 unspecified atom stereocenters. The lowest BCUT2D eigenvalue weighted by atomic mass is 10.1. The van der Waals surface area contributed by atoms with E-state index in [0.717, 1.165) is 5.75 Å². The normalized spacial score (nSPS) is 16.0. The summed E-state index contributed by atoms with van der Waals surface area (Å²) < 4.78 is 5.74. The molecule has 0 radical (unpaired) electrons. The van der Waals surface area contributed by atoms with Crippen molar-refractivity contribution < 1.29 is 9.84 Å². The standard InChI is InChI=1S/C15H23NO2.ClH/c1-11(2)16-9-13(17)10-18-15-6-4-3-5-14(15)12-7-8-12;/h3-6,11-13,16-17H,7-10H2,1-2H3;1H. The summed E-state index contributed by atoms with van der Waals surface area (Å²) in [7, 11) is 0. The first-order chi connectivity index (χ1) is 8.66. The van der Waals surface area contributed by atoms with Gasteiger partial charge in [-0.25, -0.2) is 0 Å². The molecule has 1 aliphatic rings. The quantitative estimate of drug-likeness (QED) is 0.809. The number of halogens is 1. The van der Waals surface area contributed by atoms with Crippen LogP contribution < -0.4 is 10.1 Å². The van der Waals surface area contributed by atoms with Crippen LogP contribution in [0.25, 0.3) is 0 Å². The molecule has 108 valence electrons. The molecule has 1 aromatic rings. The second-order valence-electron chi connectivity index (χ2n) is 5.34. The monoisotopic (exact) mass is 285 g/mol. The Hall–Kier alpha value is -0.770. The minimum Gasteiger partial charge on any atom is -0.491 e. The third-order valence-corrected chi connectivity index (χ3v) is 3.13. The van der Waals surface area contributed by atoms with Gasteiger partial charge in [0, 0.05) is 12.6 Å². The molecule has 2 N–H and O–H groups in total. The maximum atomic E-state index is 9.82. The highest BCUT2D eigenvalue weighted by atomic mass is 35.5. The highest BCUT2D eigenvalue weighted by Gasteiger charge is 2.26. The lowest BCUT2D eigenvalue weighted by molar-refractivity contribution is 0.104. The summed E-state index contributed by atoms with van der Waals surface area (Å²) in [6, 6.07) is 8.55. The van der Waals surface area contributed by atoms with E-state index in [1.54, 1.807) is 0 Å². The number of hydrogen-bond donors (Lipinski definition) is 2. The Morgan fingerprint density at radius 3 is 2.63 bits per heavy atom. The van der Waals surface area contributed by atoms with Gasteiger partial charge in [0.2, 0.25) is 0 Å². The number of ether oxygens (including phenoxy) is 1. The molecule has 1 aromatic carbocycles. The Balaban J connectivity index is 0.00000180. The van der Waals surface area contributed by atoms with E-state index in [4.69, 9.17) is 4.74 Å². The van der Waals surface area contributed by atoms with Crippen LogP contribution in [-0.4, -0.2) is 30.4 Å². The van der Waals surface area contributed by atoms with Crippen LogP contribution in [0.1, 0.15) is 38.2 Å². The lowest BCUT2D eigenvalue weighted by Gasteiger charge is -2.16. The molecule has 1 fully saturated rings. The second kappa shape index (κ2) is 7.73. The van der Waals surface area contributed by atoms with Crippen molar-refractivity contribution in [2.45, 2.75) is 44.8 Å². The Bertz CT molecular complexity index is 380. The summed E-state index contributed by atoms with van der Waals surface area (Å²) >= 11 is 0. The van der Waals surface area contributed by atoms with E-state index in [0.29, 0.717) is 25.1 Å². The van der Waals surface area contributed by atoms with E-state index in [2.05, 4.69) is 31.3 Å². The van der Waals surface area contributed by atoms with Crippen molar-refractivity contribution in [3.63, 3.8) is 0 Å². The van der Waals surface area contributed by atoms with Gasteiger partial charge in [-0.05, 0) is 30.4 Å². The molecular weight excluding hydrogens is 262 g/mol. The fourth-order valence-electron chi connectivity index (χ4n) is 1.96. The number of hydrogen-bond acceptors (Lipinski definition) is 3. The van der Waals surface area contributed by atoms with Crippen molar-refractivity contribution in [3.8, 4) is 5.75 Å². The van der Waals surface area contributed by atoms with Crippen LogP contribution in [0.3, 0.4) is 0 Å². The van der Waals surface area contributed by atoms with Crippen LogP contribution in [0.2, 0.25) is 0 Å². The Morgan fingerprint density at radius 1 is 1.32 bits per heavy atom. The van der Waals surface area contributed by atoms with E-state index < -0.39 is 6.10 Å². The zero-order valence-electron chi connectivity index (χ0n) is 11.6. The van der Waals surface area contributed by atoms with Gasteiger partial charge in [-0.15, -0.1) is 12.4 Å². The van der Waals surface area contributed by atoms with Crippen molar-refractivity contribution in [2.75, 3.05) is 13.2 Å². The Labute approximate surface area is 121 Å². The molecule has 0 heterocycles. The van der Waals surface area contributed by atoms with E-state index >= 15 is 0 Å². The van der Waals surface area contributed by atoms with E-state index in [1.165, 1.54) is 18.4 Å². The van der Waals surface area contributed by atoms with E-state index in [1.807, 2.05) is 12.1 Å². The average Bonchev–Trinajstić information content (AvgIpc) is 3.18. The summed E-state index contributed by atoms with van der Waals surface area (Å²) in [5.74, 6) is 1.61. The molecule has 4 heteroatoms. The van der Waals surface area contributed by atoms with Crippen LogP contribution in [0, 0.1) is 0 Å². The van der Waals surface area contributed by atoms with Gasteiger partial charge in [0.15, 0.2) is 0 Å². The topological polar surface area (TPSA) is 41.5 Å². The molecule has 1 aliphatic carbocycles. The van der Waals surface area contributed by atoms with Crippen molar-refractivity contribution in [1.82, 2.24) is 5.32 Å². The number of nitrogens with one attached hydrogen (secondary N) is 1. The maximum Gasteiger partial charge on any atom is 0.122 e. The minimum absolute atomic E-state index is 0. The van der Waals surface area contributed by atoms with Gasteiger partial charge in [0.1, 0.15) is 18.5 Å². The average molecular weight is 286 g/mol. The number of rotatable bonds is 7. The summed E-state index contributed by atoms with van der Waals surface area (Å²) in [5, 5.41) is 13.0. The molecule has 2 rings (SSSR count). The Kier molecular flexibility index (Phi) is 6.63. The van der Waals surface area contributed by atoms with Crippen LogP contribution in [-0.2, 0) is 0 Å². The van der Waals surface area contributed by atoms with Crippen LogP contribution in [0.5, 0.6) is 5.75 Å². The summed E-state index contributed by atoms with van der Waals surface area (Å²) in [4.78, 5) is 0. The van der Waals surface area contributed by atoms with E-state index in [9.17, 15) is 5.11 Å². The molecule has 3 nitrogen and oxygen atoms in total. The SMILES string of the molecule is CC(C)NCC(O)COc1ccccc1C1CC1.Cl. The van der Waals surface area contributed by atoms with Crippen molar-refractivity contribution in [1.29, 1.82) is 0 Å². The molecule has 1 atom stereocenters. The number of aliphatic hydroxyl groups is 1. The minimum atomic E-state index is -0.459. The lowest BCUT2D eigenvalue weighted by Crippen LogP contribution is -2.35. The number of aliphatic hydroxyl groups excluding tert-OH is 1. The van der Waals surface area contributed by atoms with Gasteiger partial charge in [-0.3, -0.25) is 0 Å². The first kappa shape index (κ1) is 16.3. The van der Waals surface area contributed by atoms with Crippen molar-refractivity contribution in [3.05, 3.63) is 29.8 Å². The molecule has 19 heavy (non-hydrogen) atoms. The zero-order chi connectivity index (χ0) is 13.0. The smallest absolute Gasteiger partial charge is 0.122 e. The third-order valence-electron chi connectivity index (χ3n) is 3.13. The predicted molar refractivity (Wildman–Crippen MR) is 80.3 cm³/mol. The van der Waals surface area contributed by atoms with Gasteiger partial charge in [0.25, 0.3) is 0 Å². The molecule has 0 aliphatic heterocycles. The summed E-state index contributed by atoms with van der Waals surface area (Å²) in [6.45, 7) is 5.05. The number of para-hydroxylation sites is 1. The van der Waals surface area contributed by atoms with Gasteiger partial charge in [-0.1, -0.05) is 32.0 Å². The van der Waals surface area contributed by atoms with Crippen LogP contribution in [0.15, 0.2) is 24.3 Å². The van der Waals surface area contributed by atoms with Gasteiger partial charge in [-0.2, -0.15) is 0 Å². The molecule has 0 aromatic heterocycles. The molecule has 1 saturated carbocycles.